The third-order valence-electron chi connectivity index (χ3n) is 6.68. The van der Waals surface area contributed by atoms with E-state index in [0.29, 0.717) is 49.7 Å². The van der Waals surface area contributed by atoms with Crippen molar-refractivity contribution >= 4 is 34.5 Å². The fourth-order valence-electron chi connectivity index (χ4n) is 5.11. The molecule has 1 aromatic heterocycles. The third-order valence-corrected chi connectivity index (χ3v) is 7.73. The van der Waals surface area contributed by atoms with Crippen molar-refractivity contribution in [1.82, 2.24) is 4.57 Å². The van der Waals surface area contributed by atoms with Crippen molar-refractivity contribution in [1.29, 1.82) is 0 Å². The molecule has 0 bridgehead atoms. The van der Waals surface area contributed by atoms with E-state index in [9.17, 15) is 14.4 Å². The van der Waals surface area contributed by atoms with Crippen molar-refractivity contribution in [2.24, 2.45) is 4.99 Å². The summed E-state index contributed by atoms with van der Waals surface area (Å²) in [5.74, 6) is -0.0644. The highest BCUT2D eigenvalue weighted by Crippen LogP contribution is 2.37. The van der Waals surface area contributed by atoms with Gasteiger partial charge in [0.2, 0.25) is 0 Å². The fourth-order valence-corrected chi connectivity index (χ4v) is 6.25. The first-order chi connectivity index (χ1) is 18.6. The lowest BCUT2D eigenvalue weighted by molar-refractivity contribution is -0.143. The van der Waals surface area contributed by atoms with Crippen molar-refractivity contribution in [2.75, 3.05) is 11.5 Å². The number of aromatic nitrogens is 1. The highest BCUT2D eigenvalue weighted by atomic mass is 32.1. The van der Waals surface area contributed by atoms with Gasteiger partial charge in [0.1, 0.15) is 10.3 Å². The van der Waals surface area contributed by atoms with Crippen LogP contribution in [0.1, 0.15) is 58.7 Å². The quantitative estimate of drug-likeness (QED) is 0.441. The van der Waals surface area contributed by atoms with Crippen LogP contribution in [0.15, 0.2) is 69.6 Å². The van der Waals surface area contributed by atoms with E-state index in [1.165, 1.54) is 15.9 Å². The van der Waals surface area contributed by atoms with Gasteiger partial charge in [-0.3, -0.25) is 14.2 Å². The van der Waals surface area contributed by atoms with E-state index in [0.717, 1.165) is 5.69 Å². The number of ether oxygens (including phenoxy) is 2. The lowest BCUT2D eigenvalue weighted by Gasteiger charge is -2.25. The molecule has 1 amide bonds. The molecule has 1 atom stereocenters. The zero-order valence-corrected chi connectivity index (χ0v) is 23.7. The Morgan fingerprint density at radius 2 is 1.74 bits per heavy atom. The number of rotatable bonds is 6. The maximum atomic E-state index is 14.2. The number of para-hydroxylation sites is 1. The van der Waals surface area contributed by atoms with Crippen molar-refractivity contribution in [2.45, 2.75) is 59.7 Å². The Morgan fingerprint density at radius 1 is 1.05 bits per heavy atom. The van der Waals surface area contributed by atoms with Crippen LogP contribution in [0.4, 0.5) is 5.69 Å². The van der Waals surface area contributed by atoms with Gasteiger partial charge < -0.3 is 14.4 Å². The molecule has 39 heavy (non-hydrogen) atoms. The number of anilines is 1. The zero-order chi connectivity index (χ0) is 28.0. The second-order valence-electron chi connectivity index (χ2n) is 10.0. The summed E-state index contributed by atoms with van der Waals surface area (Å²) >= 11 is 1.17. The topological polar surface area (TPSA) is 90.2 Å². The highest BCUT2D eigenvalue weighted by Gasteiger charge is 2.38. The molecular weight excluding hydrogens is 514 g/mol. The number of hydrogen-bond donors (Lipinski definition) is 0. The Kier molecular flexibility index (Phi) is 7.03. The summed E-state index contributed by atoms with van der Waals surface area (Å²) in [4.78, 5) is 48.0. The van der Waals surface area contributed by atoms with Gasteiger partial charge in [-0.25, -0.2) is 9.79 Å². The smallest absolute Gasteiger partial charge is 0.338 e. The number of esters is 1. The van der Waals surface area contributed by atoms with E-state index in [2.05, 4.69) is 4.99 Å². The molecule has 3 aromatic rings. The Bertz CT molecular complexity index is 1680. The Hall–Kier alpha value is -3.98. The van der Waals surface area contributed by atoms with Gasteiger partial charge in [-0.1, -0.05) is 41.7 Å². The summed E-state index contributed by atoms with van der Waals surface area (Å²) in [5.41, 5.74) is 2.96. The van der Waals surface area contributed by atoms with E-state index in [1.54, 1.807) is 25.7 Å². The van der Waals surface area contributed by atoms with Crippen LogP contribution < -0.4 is 24.5 Å². The van der Waals surface area contributed by atoms with Crippen LogP contribution in [0, 0.1) is 0 Å². The second kappa shape index (κ2) is 10.3. The number of hydrogen-bond acceptors (Lipinski definition) is 7. The van der Waals surface area contributed by atoms with Crippen LogP contribution in [0.3, 0.4) is 0 Å². The molecule has 2 aliphatic heterocycles. The zero-order valence-electron chi connectivity index (χ0n) is 22.8. The number of carbonyl (C=O) groups excluding carboxylic acids is 2. The van der Waals surface area contributed by atoms with E-state index in [1.807, 2.05) is 69.3 Å². The standard InChI is InChI=1S/C30H31N3O5S/c1-7-37-20-14-12-19(13-15-20)25-23(29(36)38-17(4)5)18(6)31-30-33(25)28(35)26(39-30)24-21-10-8-9-11-22(21)32(16(2)3)27(24)34/h8-17,25H,7H2,1-6H3/b26-24-/t25-/m1/s1. The van der Waals surface area contributed by atoms with Gasteiger partial charge in [0.25, 0.3) is 11.5 Å². The SMILES string of the molecule is CCOc1ccc([C@@H]2C(C(=O)OC(C)C)=C(C)N=c3s/c(=C4\C(=O)N(C(C)C)c5ccccc54)c(=O)n32)cc1. The number of nitrogens with zero attached hydrogens (tertiary/aromatic N) is 3. The molecule has 0 spiro atoms. The van der Waals surface area contributed by atoms with Crippen LogP contribution in [-0.4, -0.2) is 35.2 Å². The molecule has 2 aromatic carbocycles. The molecule has 0 aliphatic carbocycles. The average Bonchev–Trinajstić information content (AvgIpc) is 3.35. The summed E-state index contributed by atoms with van der Waals surface area (Å²) < 4.78 is 13.0. The van der Waals surface area contributed by atoms with Crippen molar-refractivity contribution in [3.63, 3.8) is 0 Å². The normalized spacial score (nSPS) is 17.9. The lowest BCUT2D eigenvalue weighted by atomic mass is 9.95. The van der Waals surface area contributed by atoms with Crippen molar-refractivity contribution in [3.05, 3.63) is 90.6 Å². The van der Waals surface area contributed by atoms with Crippen LogP contribution in [0.25, 0.3) is 5.57 Å². The number of carbonyl (C=O) groups is 2. The van der Waals surface area contributed by atoms with E-state index >= 15 is 0 Å². The molecule has 0 fully saturated rings. The largest absolute Gasteiger partial charge is 0.494 e. The molecule has 0 saturated heterocycles. The summed E-state index contributed by atoms with van der Waals surface area (Å²) in [6, 6.07) is 14.0. The molecule has 8 nitrogen and oxygen atoms in total. The summed E-state index contributed by atoms with van der Waals surface area (Å²) in [7, 11) is 0. The Balaban J connectivity index is 1.78. The van der Waals surface area contributed by atoms with E-state index < -0.39 is 12.0 Å². The predicted molar refractivity (Wildman–Crippen MR) is 151 cm³/mol. The average molecular weight is 546 g/mol. The Labute approximate surface area is 230 Å². The molecule has 9 heteroatoms. The first-order valence-electron chi connectivity index (χ1n) is 13.1. The van der Waals surface area contributed by atoms with Crippen LogP contribution in [0.5, 0.6) is 5.75 Å². The van der Waals surface area contributed by atoms with E-state index in [4.69, 9.17) is 9.47 Å². The minimum Gasteiger partial charge on any atom is -0.494 e. The first-order valence-corrected chi connectivity index (χ1v) is 13.9. The number of fused-ring (bicyclic) bond motifs is 2. The van der Waals surface area contributed by atoms with Crippen molar-refractivity contribution in [3.8, 4) is 5.75 Å². The molecule has 5 rings (SSSR count). The van der Waals surface area contributed by atoms with Gasteiger partial charge in [0.05, 0.1) is 41.3 Å². The van der Waals surface area contributed by atoms with E-state index in [-0.39, 0.29) is 23.6 Å². The van der Waals surface area contributed by atoms with Gasteiger partial charge in [-0.05, 0) is 65.3 Å². The van der Waals surface area contributed by atoms with Crippen molar-refractivity contribution < 1.29 is 19.1 Å². The molecule has 0 N–H and O–H groups in total. The maximum Gasteiger partial charge on any atom is 0.338 e. The third kappa shape index (κ3) is 4.50. The molecule has 0 radical (unpaired) electrons. The highest BCUT2D eigenvalue weighted by molar-refractivity contribution is 7.07. The minimum atomic E-state index is -0.773. The van der Waals surface area contributed by atoms with Gasteiger partial charge in [-0.2, -0.15) is 0 Å². The van der Waals surface area contributed by atoms with Gasteiger partial charge >= 0.3 is 5.97 Å². The number of thiazole rings is 1. The number of benzene rings is 2. The Morgan fingerprint density at radius 3 is 2.38 bits per heavy atom. The first kappa shape index (κ1) is 26.6. The predicted octanol–water partition coefficient (Wildman–Crippen LogP) is 3.71. The molecular formula is C30H31N3O5S. The van der Waals surface area contributed by atoms with Crippen LogP contribution >= 0.6 is 11.3 Å². The van der Waals surface area contributed by atoms with Crippen LogP contribution in [0.2, 0.25) is 0 Å². The molecule has 3 heterocycles. The molecule has 0 saturated carbocycles. The summed E-state index contributed by atoms with van der Waals surface area (Å²) in [6.45, 7) is 11.6. The van der Waals surface area contributed by atoms with Gasteiger partial charge in [0, 0.05) is 11.6 Å². The lowest BCUT2D eigenvalue weighted by Crippen LogP contribution is -2.41. The number of amides is 1. The molecule has 0 unspecified atom stereocenters. The monoisotopic (exact) mass is 545 g/mol. The maximum absolute atomic E-state index is 14.2. The summed E-state index contributed by atoms with van der Waals surface area (Å²) in [5, 5.41) is 0. The fraction of sp³-hybridized carbons (Fsp3) is 0.333. The molecule has 2 aliphatic rings. The van der Waals surface area contributed by atoms with Gasteiger partial charge in [0.15, 0.2) is 4.80 Å². The van der Waals surface area contributed by atoms with Gasteiger partial charge in [-0.15, -0.1) is 0 Å². The molecule has 202 valence electrons. The van der Waals surface area contributed by atoms with Crippen LogP contribution in [-0.2, 0) is 14.3 Å². The number of allylic oxidation sites excluding steroid dienone is 1. The second-order valence-corrected chi connectivity index (χ2v) is 11.0. The minimum absolute atomic E-state index is 0.0869. The summed E-state index contributed by atoms with van der Waals surface area (Å²) in [6.07, 6.45) is -0.347.